The third-order valence-corrected chi connectivity index (χ3v) is 5.22. The van der Waals surface area contributed by atoms with Crippen molar-refractivity contribution >= 4 is 0 Å². The van der Waals surface area contributed by atoms with Gasteiger partial charge in [0, 0.05) is 19.7 Å². The maximum atomic E-state index is 6.34. The summed E-state index contributed by atoms with van der Waals surface area (Å²) in [6.07, 6.45) is 12.5. The largest absolute Gasteiger partial charge is 0.380 e. The van der Waals surface area contributed by atoms with E-state index in [1.165, 1.54) is 57.8 Å². The lowest BCUT2D eigenvalue weighted by molar-refractivity contribution is -0.0374. The predicted molar refractivity (Wildman–Crippen MR) is 71.7 cm³/mol. The van der Waals surface area contributed by atoms with E-state index >= 15 is 0 Å². The molecule has 0 aromatic heterocycles. The number of hydrogen-bond acceptors (Lipinski definition) is 3. The highest BCUT2D eigenvalue weighted by molar-refractivity contribution is 4.94. The van der Waals surface area contributed by atoms with E-state index in [0.29, 0.717) is 18.2 Å². The molecule has 3 unspecified atom stereocenters. The van der Waals surface area contributed by atoms with Gasteiger partial charge >= 0.3 is 0 Å². The van der Waals surface area contributed by atoms with Crippen LogP contribution in [0.1, 0.15) is 57.8 Å². The Labute approximate surface area is 111 Å². The monoisotopic (exact) mass is 253 g/mol. The SMILES string of the molecule is COC1CCCC1NCC1CCC2(CCCC2)O1. The summed E-state index contributed by atoms with van der Waals surface area (Å²) < 4.78 is 11.9. The highest BCUT2D eigenvalue weighted by Gasteiger charge is 2.42. The van der Waals surface area contributed by atoms with E-state index in [2.05, 4.69) is 5.32 Å². The van der Waals surface area contributed by atoms with Gasteiger partial charge in [0.05, 0.1) is 17.8 Å². The normalized spacial score (nSPS) is 38.8. The van der Waals surface area contributed by atoms with Gasteiger partial charge < -0.3 is 14.8 Å². The molecule has 3 aliphatic rings. The van der Waals surface area contributed by atoms with Crippen LogP contribution in [0.25, 0.3) is 0 Å². The van der Waals surface area contributed by atoms with Gasteiger partial charge in [-0.2, -0.15) is 0 Å². The van der Waals surface area contributed by atoms with E-state index in [-0.39, 0.29) is 5.60 Å². The third kappa shape index (κ3) is 2.59. The lowest BCUT2D eigenvalue weighted by atomic mass is 9.98. The minimum Gasteiger partial charge on any atom is -0.380 e. The van der Waals surface area contributed by atoms with Crippen molar-refractivity contribution < 1.29 is 9.47 Å². The molecule has 18 heavy (non-hydrogen) atoms. The molecule has 1 N–H and O–H groups in total. The Morgan fingerprint density at radius 1 is 1.11 bits per heavy atom. The second-order valence-corrected chi connectivity index (χ2v) is 6.39. The molecule has 0 radical (unpaired) electrons. The van der Waals surface area contributed by atoms with Crippen LogP contribution < -0.4 is 5.32 Å². The van der Waals surface area contributed by atoms with E-state index in [9.17, 15) is 0 Å². The predicted octanol–water partition coefficient (Wildman–Crippen LogP) is 2.64. The standard InChI is InChI=1S/C15H27NO2/c1-17-14-6-4-5-13(14)16-11-12-7-10-15(18-12)8-2-3-9-15/h12-14,16H,2-11H2,1H3. The van der Waals surface area contributed by atoms with Crippen LogP contribution >= 0.6 is 0 Å². The second-order valence-electron chi connectivity index (χ2n) is 6.39. The van der Waals surface area contributed by atoms with E-state index in [4.69, 9.17) is 9.47 Å². The summed E-state index contributed by atoms with van der Waals surface area (Å²) in [5, 5.41) is 3.68. The summed E-state index contributed by atoms with van der Waals surface area (Å²) in [6.45, 7) is 1.02. The van der Waals surface area contributed by atoms with Gasteiger partial charge in [0.15, 0.2) is 0 Å². The average Bonchev–Trinajstić information content (AvgIpc) is 3.10. The van der Waals surface area contributed by atoms with Gasteiger partial charge in [0.2, 0.25) is 0 Å². The smallest absolute Gasteiger partial charge is 0.0724 e. The lowest BCUT2D eigenvalue weighted by Gasteiger charge is -2.25. The number of hydrogen-bond donors (Lipinski definition) is 1. The number of rotatable bonds is 4. The Kier molecular flexibility index (Phi) is 3.92. The molecule has 1 heterocycles. The quantitative estimate of drug-likeness (QED) is 0.835. The second kappa shape index (κ2) is 5.48. The maximum absolute atomic E-state index is 6.34. The van der Waals surface area contributed by atoms with Crippen molar-refractivity contribution in [3.63, 3.8) is 0 Å². The fraction of sp³-hybridized carbons (Fsp3) is 1.00. The van der Waals surface area contributed by atoms with Gasteiger partial charge in [0.25, 0.3) is 0 Å². The highest BCUT2D eigenvalue weighted by Crippen LogP contribution is 2.43. The molecule has 0 aromatic rings. The summed E-state index contributed by atoms with van der Waals surface area (Å²) in [6, 6.07) is 0.554. The zero-order chi connectivity index (χ0) is 12.4. The first-order valence-corrected chi connectivity index (χ1v) is 7.75. The van der Waals surface area contributed by atoms with Crippen molar-refractivity contribution in [2.45, 2.75) is 81.6 Å². The summed E-state index contributed by atoms with van der Waals surface area (Å²) in [5.41, 5.74) is 0.280. The Morgan fingerprint density at radius 2 is 1.94 bits per heavy atom. The van der Waals surface area contributed by atoms with Crippen LogP contribution in [0, 0.1) is 0 Å². The Morgan fingerprint density at radius 3 is 2.72 bits per heavy atom. The van der Waals surface area contributed by atoms with Crippen LogP contribution in [0.3, 0.4) is 0 Å². The van der Waals surface area contributed by atoms with Crippen LogP contribution in [0.15, 0.2) is 0 Å². The molecule has 0 bridgehead atoms. The molecule has 104 valence electrons. The zero-order valence-corrected chi connectivity index (χ0v) is 11.6. The zero-order valence-electron chi connectivity index (χ0n) is 11.6. The first-order valence-electron chi connectivity index (χ1n) is 7.75. The maximum Gasteiger partial charge on any atom is 0.0724 e. The summed E-state index contributed by atoms with van der Waals surface area (Å²) >= 11 is 0. The Balaban J connectivity index is 1.44. The molecule has 0 aromatic carbocycles. The van der Waals surface area contributed by atoms with Crippen molar-refractivity contribution in [1.29, 1.82) is 0 Å². The van der Waals surface area contributed by atoms with E-state index in [1.54, 1.807) is 0 Å². The van der Waals surface area contributed by atoms with Crippen molar-refractivity contribution in [2.75, 3.05) is 13.7 Å². The van der Waals surface area contributed by atoms with Crippen molar-refractivity contribution in [3.8, 4) is 0 Å². The molecule has 1 saturated heterocycles. The minimum absolute atomic E-state index is 0.280. The fourth-order valence-corrected chi connectivity index (χ4v) is 4.15. The Hall–Kier alpha value is -0.120. The Bertz CT molecular complexity index is 276. The molecular formula is C15H27NO2. The molecule has 1 aliphatic heterocycles. The van der Waals surface area contributed by atoms with Gasteiger partial charge in [-0.05, 0) is 44.9 Å². The van der Waals surface area contributed by atoms with Gasteiger partial charge in [-0.1, -0.05) is 12.8 Å². The molecule has 1 spiro atoms. The molecule has 0 amide bonds. The topological polar surface area (TPSA) is 30.5 Å². The van der Waals surface area contributed by atoms with Crippen LogP contribution in [0.5, 0.6) is 0 Å². The fourth-order valence-electron chi connectivity index (χ4n) is 4.15. The summed E-state index contributed by atoms with van der Waals surface area (Å²) in [7, 11) is 1.84. The van der Waals surface area contributed by atoms with E-state index in [0.717, 1.165) is 6.54 Å². The van der Waals surface area contributed by atoms with Crippen LogP contribution in [-0.2, 0) is 9.47 Å². The van der Waals surface area contributed by atoms with Crippen molar-refractivity contribution in [2.24, 2.45) is 0 Å². The van der Waals surface area contributed by atoms with Gasteiger partial charge in [-0.15, -0.1) is 0 Å². The highest BCUT2D eigenvalue weighted by atomic mass is 16.5. The van der Waals surface area contributed by atoms with E-state index in [1.807, 2.05) is 7.11 Å². The average molecular weight is 253 g/mol. The van der Waals surface area contributed by atoms with Crippen molar-refractivity contribution in [3.05, 3.63) is 0 Å². The van der Waals surface area contributed by atoms with Gasteiger partial charge in [-0.3, -0.25) is 0 Å². The molecule has 3 heteroatoms. The first kappa shape index (κ1) is 12.9. The van der Waals surface area contributed by atoms with Crippen molar-refractivity contribution in [1.82, 2.24) is 5.32 Å². The van der Waals surface area contributed by atoms with Gasteiger partial charge in [-0.25, -0.2) is 0 Å². The summed E-state index contributed by atoms with van der Waals surface area (Å²) in [5.74, 6) is 0. The number of nitrogens with one attached hydrogen (secondary N) is 1. The van der Waals surface area contributed by atoms with Crippen LogP contribution in [0.4, 0.5) is 0 Å². The summed E-state index contributed by atoms with van der Waals surface area (Å²) in [4.78, 5) is 0. The molecule has 3 rings (SSSR count). The third-order valence-electron chi connectivity index (χ3n) is 5.22. The molecule has 3 atom stereocenters. The van der Waals surface area contributed by atoms with Crippen LogP contribution in [0.2, 0.25) is 0 Å². The van der Waals surface area contributed by atoms with Gasteiger partial charge in [0.1, 0.15) is 0 Å². The molecule has 2 saturated carbocycles. The number of ether oxygens (including phenoxy) is 2. The molecule has 3 fully saturated rings. The number of methoxy groups -OCH3 is 1. The minimum atomic E-state index is 0.280. The first-order chi connectivity index (χ1) is 8.81. The molecule has 2 aliphatic carbocycles. The van der Waals surface area contributed by atoms with Crippen LogP contribution in [-0.4, -0.2) is 37.5 Å². The molecule has 3 nitrogen and oxygen atoms in total. The lowest BCUT2D eigenvalue weighted by Crippen LogP contribution is -2.41. The van der Waals surface area contributed by atoms with E-state index < -0.39 is 0 Å². The molecular weight excluding hydrogens is 226 g/mol.